The lowest BCUT2D eigenvalue weighted by Crippen LogP contribution is -2.21. The second-order valence-corrected chi connectivity index (χ2v) is 6.11. The van der Waals surface area contributed by atoms with Crippen LogP contribution in [-0.4, -0.2) is 19.6 Å². The van der Waals surface area contributed by atoms with Crippen molar-refractivity contribution in [3.8, 4) is 11.5 Å². The minimum Gasteiger partial charge on any atom is -0.493 e. The van der Waals surface area contributed by atoms with E-state index < -0.39 is 0 Å². The van der Waals surface area contributed by atoms with Gasteiger partial charge in [0.15, 0.2) is 0 Å². The van der Waals surface area contributed by atoms with Gasteiger partial charge in [-0.25, -0.2) is 0 Å². The van der Waals surface area contributed by atoms with Gasteiger partial charge in [-0.1, -0.05) is 38.1 Å². The van der Waals surface area contributed by atoms with Crippen LogP contribution < -0.4 is 14.8 Å². The molecule has 0 bridgehead atoms. The summed E-state index contributed by atoms with van der Waals surface area (Å²) in [5, 5.41) is 2.68. The second kappa shape index (κ2) is 9.85. The van der Waals surface area contributed by atoms with Crippen molar-refractivity contribution in [1.29, 1.82) is 0 Å². The number of benzene rings is 2. The molecule has 2 aromatic carbocycles. The number of aryl methyl sites for hydroxylation is 2. The number of rotatable bonds is 9. The van der Waals surface area contributed by atoms with Crippen LogP contribution in [0.3, 0.4) is 0 Å². The lowest BCUT2D eigenvalue weighted by Gasteiger charge is -2.17. The second-order valence-electron chi connectivity index (χ2n) is 6.11. The molecule has 0 heterocycles. The summed E-state index contributed by atoms with van der Waals surface area (Å²) in [6.07, 6.45) is 2.24. The maximum Gasteiger partial charge on any atom is 0.224 e. The molecule has 1 N–H and O–H groups in total. The molecule has 2 rings (SSSR count). The number of hydrogen-bond acceptors (Lipinski definition) is 3. The van der Waals surface area contributed by atoms with Gasteiger partial charge in [0.1, 0.15) is 18.1 Å². The third kappa shape index (κ3) is 5.01. The Morgan fingerprint density at radius 2 is 1.77 bits per heavy atom. The summed E-state index contributed by atoms with van der Waals surface area (Å²) >= 11 is 0. The molecule has 0 fully saturated rings. The summed E-state index contributed by atoms with van der Waals surface area (Å²) in [5.74, 6) is 1.64. The SMILES string of the molecule is CCOc1cccc(CC(=O)NC)c1COc1ccc(CC)cc1CC. The standard InChI is InChI=1S/C22H29NO3/c1-5-16-11-12-20(17(6-2)13-16)26-15-19-18(14-22(24)23-4)9-8-10-21(19)25-7-3/h8-13H,5-7,14-15H2,1-4H3,(H,23,24). The Labute approximate surface area is 156 Å². The Morgan fingerprint density at radius 3 is 2.42 bits per heavy atom. The quantitative estimate of drug-likeness (QED) is 0.737. The lowest BCUT2D eigenvalue weighted by atomic mass is 10.0. The smallest absolute Gasteiger partial charge is 0.224 e. The summed E-state index contributed by atoms with van der Waals surface area (Å²) in [6, 6.07) is 12.1. The predicted molar refractivity (Wildman–Crippen MR) is 105 cm³/mol. The Hall–Kier alpha value is -2.49. The highest BCUT2D eigenvalue weighted by Gasteiger charge is 2.14. The van der Waals surface area contributed by atoms with Crippen LogP contribution in [0.2, 0.25) is 0 Å². The minimum atomic E-state index is -0.0264. The first-order valence-electron chi connectivity index (χ1n) is 9.31. The Balaban J connectivity index is 2.28. The molecule has 0 spiro atoms. The maximum atomic E-state index is 11.9. The lowest BCUT2D eigenvalue weighted by molar-refractivity contribution is -0.119. The molecule has 0 atom stereocenters. The van der Waals surface area contributed by atoms with Gasteiger partial charge in [-0.2, -0.15) is 0 Å². The number of hydrogen-bond donors (Lipinski definition) is 1. The zero-order valence-corrected chi connectivity index (χ0v) is 16.2. The first-order chi connectivity index (χ1) is 12.6. The number of ether oxygens (including phenoxy) is 2. The third-order valence-corrected chi connectivity index (χ3v) is 4.45. The molecular formula is C22H29NO3. The van der Waals surface area contributed by atoms with Gasteiger partial charge in [0, 0.05) is 12.6 Å². The van der Waals surface area contributed by atoms with E-state index in [1.807, 2.05) is 31.2 Å². The van der Waals surface area contributed by atoms with Crippen molar-refractivity contribution < 1.29 is 14.3 Å². The molecule has 140 valence electrons. The monoisotopic (exact) mass is 355 g/mol. The molecule has 2 aromatic rings. The van der Waals surface area contributed by atoms with E-state index in [-0.39, 0.29) is 5.91 Å². The number of amides is 1. The van der Waals surface area contributed by atoms with E-state index in [0.29, 0.717) is 19.6 Å². The summed E-state index contributed by atoms with van der Waals surface area (Å²) < 4.78 is 11.9. The molecule has 0 aromatic heterocycles. The van der Waals surface area contributed by atoms with Gasteiger partial charge >= 0.3 is 0 Å². The summed E-state index contributed by atoms with van der Waals surface area (Å²) in [6.45, 7) is 7.18. The average Bonchev–Trinajstić information content (AvgIpc) is 2.67. The molecule has 0 aliphatic carbocycles. The number of carbonyl (C=O) groups is 1. The van der Waals surface area contributed by atoms with Crippen molar-refractivity contribution in [1.82, 2.24) is 5.32 Å². The van der Waals surface area contributed by atoms with E-state index in [1.165, 1.54) is 11.1 Å². The van der Waals surface area contributed by atoms with Crippen LogP contribution in [0.4, 0.5) is 0 Å². The zero-order valence-electron chi connectivity index (χ0n) is 16.2. The molecule has 4 nitrogen and oxygen atoms in total. The van der Waals surface area contributed by atoms with E-state index in [2.05, 4.69) is 31.3 Å². The number of carbonyl (C=O) groups excluding carboxylic acids is 1. The van der Waals surface area contributed by atoms with Gasteiger partial charge in [0.05, 0.1) is 13.0 Å². The van der Waals surface area contributed by atoms with E-state index >= 15 is 0 Å². The summed E-state index contributed by atoms with van der Waals surface area (Å²) in [4.78, 5) is 11.9. The highest BCUT2D eigenvalue weighted by Crippen LogP contribution is 2.27. The molecule has 0 unspecified atom stereocenters. The van der Waals surface area contributed by atoms with Crippen molar-refractivity contribution in [2.45, 2.75) is 46.6 Å². The van der Waals surface area contributed by atoms with Crippen LogP contribution in [0, 0.1) is 0 Å². The normalized spacial score (nSPS) is 10.5. The van der Waals surface area contributed by atoms with Crippen LogP contribution >= 0.6 is 0 Å². The Morgan fingerprint density at radius 1 is 0.962 bits per heavy atom. The van der Waals surface area contributed by atoms with Gasteiger partial charge in [0.2, 0.25) is 5.91 Å². The molecule has 0 saturated carbocycles. The van der Waals surface area contributed by atoms with Crippen molar-refractivity contribution in [2.75, 3.05) is 13.7 Å². The largest absolute Gasteiger partial charge is 0.493 e. The number of nitrogens with one attached hydrogen (secondary N) is 1. The molecule has 0 saturated heterocycles. The van der Waals surface area contributed by atoms with Crippen molar-refractivity contribution >= 4 is 5.91 Å². The topological polar surface area (TPSA) is 47.6 Å². The molecule has 1 amide bonds. The van der Waals surface area contributed by atoms with Crippen LogP contribution in [0.15, 0.2) is 36.4 Å². The van der Waals surface area contributed by atoms with Gasteiger partial charge < -0.3 is 14.8 Å². The molecular weight excluding hydrogens is 326 g/mol. The maximum absolute atomic E-state index is 11.9. The predicted octanol–water partition coefficient (Wildman–Crippen LogP) is 4.08. The van der Waals surface area contributed by atoms with Crippen LogP contribution in [0.1, 0.15) is 43.0 Å². The Kier molecular flexibility index (Phi) is 7.52. The van der Waals surface area contributed by atoms with Gasteiger partial charge in [-0.3, -0.25) is 4.79 Å². The van der Waals surface area contributed by atoms with E-state index in [9.17, 15) is 4.79 Å². The first kappa shape index (κ1) is 19.8. The van der Waals surface area contributed by atoms with Crippen LogP contribution in [0.5, 0.6) is 11.5 Å². The molecule has 0 aliphatic rings. The number of likely N-dealkylation sites (N-methyl/N-ethyl adjacent to an activating group) is 1. The first-order valence-corrected chi connectivity index (χ1v) is 9.31. The van der Waals surface area contributed by atoms with E-state index in [0.717, 1.165) is 35.5 Å². The molecule has 0 aliphatic heterocycles. The summed E-state index contributed by atoms with van der Waals surface area (Å²) in [5.41, 5.74) is 4.37. The van der Waals surface area contributed by atoms with Crippen LogP contribution in [-0.2, 0) is 30.7 Å². The summed E-state index contributed by atoms with van der Waals surface area (Å²) in [7, 11) is 1.65. The molecule has 4 heteroatoms. The zero-order chi connectivity index (χ0) is 18.9. The third-order valence-electron chi connectivity index (χ3n) is 4.45. The fourth-order valence-corrected chi connectivity index (χ4v) is 2.91. The highest BCUT2D eigenvalue weighted by atomic mass is 16.5. The van der Waals surface area contributed by atoms with Crippen LogP contribution in [0.25, 0.3) is 0 Å². The van der Waals surface area contributed by atoms with Gasteiger partial charge in [0.25, 0.3) is 0 Å². The molecule has 0 radical (unpaired) electrons. The average molecular weight is 355 g/mol. The van der Waals surface area contributed by atoms with Crippen molar-refractivity contribution in [2.24, 2.45) is 0 Å². The van der Waals surface area contributed by atoms with Crippen molar-refractivity contribution in [3.63, 3.8) is 0 Å². The fourth-order valence-electron chi connectivity index (χ4n) is 2.91. The molecule has 26 heavy (non-hydrogen) atoms. The highest BCUT2D eigenvalue weighted by molar-refractivity contribution is 5.78. The minimum absolute atomic E-state index is 0.0264. The van der Waals surface area contributed by atoms with Gasteiger partial charge in [-0.15, -0.1) is 0 Å². The Bertz CT molecular complexity index is 740. The fraction of sp³-hybridized carbons (Fsp3) is 0.409. The van der Waals surface area contributed by atoms with E-state index in [1.54, 1.807) is 7.05 Å². The van der Waals surface area contributed by atoms with E-state index in [4.69, 9.17) is 9.47 Å². The van der Waals surface area contributed by atoms with Gasteiger partial charge in [-0.05, 0) is 48.6 Å². The van der Waals surface area contributed by atoms with Crippen molar-refractivity contribution in [3.05, 3.63) is 58.7 Å².